The summed E-state index contributed by atoms with van der Waals surface area (Å²) in [6, 6.07) is -0.0818. The van der Waals surface area contributed by atoms with Gasteiger partial charge in [-0.3, -0.25) is 14.9 Å². The van der Waals surface area contributed by atoms with Crippen LogP contribution in [0.4, 0.5) is 0 Å². The van der Waals surface area contributed by atoms with Crippen molar-refractivity contribution in [1.82, 2.24) is 14.9 Å². The summed E-state index contributed by atoms with van der Waals surface area (Å²) >= 11 is 0. The number of hydrogen-bond acceptors (Lipinski definition) is 8. The second-order valence-corrected chi connectivity index (χ2v) is 39.4. The minimum Gasteiger partial charge on any atom is -0.415 e. The SMILES string of the molecule is CC(C)(C)[Si](C)(C)OC[C@@H]1C(O[Si](C)(C)C(C)(C)C)C(O[Si](C)(C)C(C)(C)C)C(O[Si](C)(C)C(C)(C)C)CN1Cc1cnc(CO)cn1. The van der Waals surface area contributed by atoms with E-state index in [0.29, 0.717) is 25.4 Å². The third-order valence-corrected chi connectivity index (χ3v) is 30.3. The zero-order valence-electron chi connectivity index (χ0n) is 34.7. The highest BCUT2D eigenvalue weighted by Crippen LogP contribution is 2.46. The molecule has 0 bridgehead atoms. The number of aliphatic hydroxyl groups is 1. The third-order valence-electron chi connectivity index (χ3n) is 12.4. The Morgan fingerprint density at radius 2 is 1.02 bits per heavy atom. The molecule has 1 aliphatic rings. The molecule has 280 valence electrons. The predicted molar refractivity (Wildman–Crippen MR) is 212 cm³/mol. The standard InChI is InChI=1S/C36H75N3O5Si4/c1-33(2,3)45(13,14)41-26-29-31(43-47(17,18)35(7,8)9)32(44-48(19,20)36(10,11)12)30(42-46(15,16)34(4,5)6)24-39(29)23-27-21-38-28(25-40)22-37-27/h21-22,29-32,40H,23-26H2,1-20H3/t29-,30?,31?,32?/m1/s1. The predicted octanol–water partition coefficient (Wildman–Crippen LogP) is 9.35. The van der Waals surface area contributed by atoms with Gasteiger partial charge in [0.05, 0.1) is 61.3 Å². The third kappa shape index (κ3) is 10.6. The van der Waals surface area contributed by atoms with Crippen molar-refractivity contribution in [2.75, 3.05) is 13.2 Å². The average molecular weight is 742 g/mol. The topological polar surface area (TPSA) is 86.2 Å². The van der Waals surface area contributed by atoms with Gasteiger partial charge in [-0.15, -0.1) is 0 Å². The van der Waals surface area contributed by atoms with Crippen LogP contribution in [0.15, 0.2) is 12.4 Å². The fraction of sp³-hybridized carbons (Fsp3) is 0.889. The zero-order chi connectivity index (χ0) is 37.5. The summed E-state index contributed by atoms with van der Waals surface area (Å²) in [6.45, 7) is 48.1. The lowest BCUT2D eigenvalue weighted by Gasteiger charge is -2.56. The molecular formula is C36H75N3O5Si4. The van der Waals surface area contributed by atoms with Gasteiger partial charge in [-0.25, -0.2) is 0 Å². The summed E-state index contributed by atoms with van der Waals surface area (Å²) < 4.78 is 29.7. The summed E-state index contributed by atoms with van der Waals surface area (Å²) in [6.07, 6.45) is 2.77. The fourth-order valence-electron chi connectivity index (χ4n) is 4.74. The molecule has 0 amide bonds. The lowest BCUT2D eigenvalue weighted by Crippen LogP contribution is -2.70. The summed E-state index contributed by atoms with van der Waals surface area (Å²) in [7, 11) is -8.91. The molecule has 4 atom stereocenters. The second kappa shape index (κ2) is 15.0. The molecule has 0 spiro atoms. The van der Waals surface area contributed by atoms with E-state index in [1.807, 2.05) is 0 Å². The van der Waals surface area contributed by atoms with Crippen LogP contribution in [-0.4, -0.2) is 90.7 Å². The lowest BCUT2D eigenvalue weighted by atomic mass is 9.94. The van der Waals surface area contributed by atoms with E-state index >= 15 is 0 Å². The van der Waals surface area contributed by atoms with Crippen LogP contribution < -0.4 is 0 Å². The Bertz CT molecular complexity index is 1180. The van der Waals surface area contributed by atoms with E-state index < -0.39 is 33.3 Å². The number of piperidine rings is 1. The van der Waals surface area contributed by atoms with E-state index in [1.165, 1.54) is 0 Å². The largest absolute Gasteiger partial charge is 0.415 e. The van der Waals surface area contributed by atoms with Crippen molar-refractivity contribution in [3.8, 4) is 0 Å². The molecule has 0 saturated carbocycles. The van der Waals surface area contributed by atoms with Crippen LogP contribution >= 0.6 is 0 Å². The normalized spacial score (nSPS) is 23.1. The highest BCUT2D eigenvalue weighted by atomic mass is 28.4. The highest BCUT2D eigenvalue weighted by Gasteiger charge is 2.55. The van der Waals surface area contributed by atoms with Gasteiger partial charge in [0.1, 0.15) is 0 Å². The van der Waals surface area contributed by atoms with Crippen LogP contribution in [0.3, 0.4) is 0 Å². The molecule has 48 heavy (non-hydrogen) atoms. The smallest absolute Gasteiger partial charge is 0.192 e. The molecule has 0 aromatic carbocycles. The second-order valence-electron chi connectivity index (χ2n) is 20.3. The monoisotopic (exact) mass is 741 g/mol. The summed E-state index contributed by atoms with van der Waals surface area (Å²) in [5.74, 6) is 0. The van der Waals surface area contributed by atoms with Gasteiger partial charge < -0.3 is 22.8 Å². The van der Waals surface area contributed by atoms with Gasteiger partial charge in [-0.2, -0.15) is 0 Å². The molecule has 1 saturated heterocycles. The highest BCUT2D eigenvalue weighted by molar-refractivity contribution is 6.75. The van der Waals surface area contributed by atoms with Gasteiger partial charge in [0, 0.05) is 13.1 Å². The Labute approximate surface area is 300 Å². The molecule has 0 aliphatic carbocycles. The van der Waals surface area contributed by atoms with E-state index in [9.17, 15) is 5.11 Å². The molecule has 1 N–H and O–H groups in total. The number of aromatic nitrogens is 2. The van der Waals surface area contributed by atoms with Crippen LogP contribution in [0, 0.1) is 0 Å². The number of hydrogen-bond donors (Lipinski definition) is 1. The van der Waals surface area contributed by atoms with Gasteiger partial charge >= 0.3 is 0 Å². The Kier molecular flexibility index (Phi) is 13.7. The first-order valence-electron chi connectivity index (χ1n) is 18.1. The van der Waals surface area contributed by atoms with Crippen molar-refractivity contribution in [1.29, 1.82) is 0 Å². The van der Waals surface area contributed by atoms with E-state index in [0.717, 1.165) is 5.69 Å². The van der Waals surface area contributed by atoms with E-state index in [2.05, 4.69) is 145 Å². The minimum atomic E-state index is -2.30. The molecule has 2 heterocycles. The van der Waals surface area contributed by atoms with Gasteiger partial charge in [0.15, 0.2) is 33.3 Å². The average Bonchev–Trinajstić information content (AvgIpc) is 2.87. The summed E-state index contributed by atoms with van der Waals surface area (Å²) in [5.41, 5.74) is 1.42. The minimum absolute atomic E-state index is 0.00300. The van der Waals surface area contributed by atoms with Crippen molar-refractivity contribution in [2.24, 2.45) is 0 Å². The van der Waals surface area contributed by atoms with Crippen molar-refractivity contribution in [3.05, 3.63) is 23.8 Å². The lowest BCUT2D eigenvalue weighted by molar-refractivity contribution is -0.131. The molecule has 1 aromatic heterocycles. The number of likely N-dealkylation sites (tertiary alicyclic amines) is 1. The van der Waals surface area contributed by atoms with Crippen LogP contribution in [-0.2, 0) is 30.9 Å². The first-order chi connectivity index (χ1) is 21.3. The maximum atomic E-state index is 9.64. The van der Waals surface area contributed by atoms with E-state index in [4.69, 9.17) is 22.7 Å². The van der Waals surface area contributed by atoms with Gasteiger partial charge in [-0.05, 0) is 72.5 Å². The van der Waals surface area contributed by atoms with Gasteiger partial charge in [0.25, 0.3) is 0 Å². The molecule has 1 aromatic rings. The number of nitrogens with zero attached hydrogens (tertiary/aromatic N) is 3. The zero-order valence-corrected chi connectivity index (χ0v) is 38.7. The van der Waals surface area contributed by atoms with E-state index in [1.54, 1.807) is 12.4 Å². The Balaban J connectivity index is 2.87. The van der Waals surface area contributed by atoms with Crippen molar-refractivity contribution in [2.45, 2.75) is 193 Å². The molecule has 12 heteroatoms. The van der Waals surface area contributed by atoms with Crippen molar-refractivity contribution >= 4 is 33.3 Å². The number of aliphatic hydroxyl groups excluding tert-OH is 1. The fourth-order valence-corrected chi connectivity index (χ4v) is 9.72. The first-order valence-corrected chi connectivity index (χ1v) is 29.7. The molecule has 8 nitrogen and oxygen atoms in total. The van der Waals surface area contributed by atoms with E-state index in [-0.39, 0.29) is 51.1 Å². The molecule has 3 unspecified atom stereocenters. The Morgan fingerprint density at radius 3 is 1.42 bits per heavy atom. The first kappa shape index (κ1) is 43.9. The van der Waals surface area contributed by atoms with Crippen molar-refractivity contribution < 1.29 is 22.8 Å². The summed E-state index contributed by atoms with van der Waals surface area (Å²) in [4.78, 5) is 11.7. The van der Waals surface area contributed by atoms with Crippen LogP contribution in [0.2, 0.25) is 72.5 Å². The van der Waals surface area contributed by atoms with Gasteiger partial charge in [-0.1, -0.05) is 83.1 Å². The van der Waals surface area contributed by atoms with Gasteiger partial charge in [0.2, 0.25) is 0 Å². The number of rotatable bonds is 12. The quantitative estimate of drug-likeness (QED) is 0.212. The molecule has 2 rings (SSSR count). The van der Waals surface area contributed by atoms with Crippen LogP contribution in [0.1, 0.15) is 94.5 Å². The maximum Gasteiger partial charge on any atom is 0.192 e. The Morgan fingerprint density at radius 1 is 0.625 bits per heavy atom. The van der Waals surface area contributed by atoms with Crippen molar-refractivity contribution in [3.63, 3.8) is 0 Å². The molecule has 1 fully saturated rings. The summed E-state index contributed by atoms with van der Waals surface area (Å²) in [5, 5.41) is 9.76. The van der Waals surface area contributed by atoms with Crippen LogP contribution in [0.25, 0.3) is 0 Å². The molecule has 0 radical (unpaired) electrons. The maximum absolute atomic E-state index is 9.64. The van der Waals surface area contributed by atoms with Crippen LogP contribution in [0.5, 0.6) is 0 Å². The molecular weight excluding hydrogens is 667 g/mol. The molecule has 1 aliphatic heterocycles. The Hall–Kier alpha value is -0.292.